The molecule has 2 rings (SSSR count). The fourth-order valence-electron chi connectivity index (χ4n) is 1.32. The van der Waals surface area contributed by atoms with Gasteiger partial charge in [0.2, 0.25) is 0 Å². The second-order valence-corrected chi connectivity index (χ2v) is 3.52. The number of amidine groups is 1. The first kappa shape index (κ1) is 16.7. The molecule has 0 saturated carbocycles. The van der Waals surface area contributed by atoms with Crippen LogP contribution in [0.5, 0.6) is 0 Å². The van der Waals surface area contributed by atoms with Crippen LogP contribution in [0.1, 0.15) is 5.69 Å². The van der Waals surface area contributed by atoms with E-state index in [2.05, 4.69) is 20.2 Å². The summed E-state index contributed by atoms with van der Waals surface area (Å²) in [4.78, 5) is 6.17. The first-order chi connectivity index (χ1) is 8.67. The van der Waals surface area contributed by atoms with Crippen LogP contribution < -0.4 is 0 Å². The molecule has 1 aromatic rings. The van der Waals surface area contributed by atoms with Crippen molar-refractivity contribution in [2.24, 2.45) is 15.2 Å². The van der Waals surface area contributed by atoms with Crippen LogP contribution in [0.4, 0.5) is 26.3 Å². The average Bonchev–Trinajstić information content (AvgIpc) is 2.75. The Labute approximate surface area is 121 Å². The van der Waals surface area contributed by atoms with E-state index in [1.54, 1.807) is 0 Å². The Bertz CT molecular complexity index is 522. The summed E-state index contributed by atoms with van der Waals surface area (Å²) in [5.41, 5.74) is -4.77. The van der Waals surface area contributed by atoms with Gasteiger partial charge in [0.25, 0.3) is 0 Å². The van der Waals surface area contributed by atoms with Crippen LogP contribution in [0.2, 0.25) is 0 Å². The molecular weight excluding hydrogens is 468 g/mol. The maximum Gasteiger partial charge on any atom is 2.00 e. The van der Waals surface area contributed by atoms with Crippen LogP contribution in [0, 0.1) is 0 Å². The fraction of sp³-hybridized carbons (Fsp3) is 0.333. The minimum atomic E-state index is -5.73. The molecule has 1 aliphatic heterocycles. The number of hydrogen-bond acceptors (Lipinski definition) is 4. The number of alkyl halides is 6. The van der Waals surface area contributed by atoms with E-state index in [4.69, 9.17) is 0 Å². The summed E-state index contributed by atoms with van der Waals surface area (Å²) >= 11 is 0. The Morgan fingerprint density at radius 2 is 1.55 bits per heavy atom. The van der Waals surface area contributed by atoms with Crippen molar-refractivity contribution in [3.8, 4) is 0 Å². The molecule has 0 fully saturated rings. The molecule has 1 aromatic heterocycles. The van der Waals surface area contributed by atoms with Gasteiger partial charge in [0.15, 0.2) is 5.84 Å². The maximum atomic E-state index is 12.6. The zero-order valence-electron chi connectivity index (χ0n) is 9.22. The molecule has 0 saturated heterocycles. The van der Waals surface area contributed by atoms with Crippen LogP contribution in [0.25, 0.3) is 0 Å². The van der Waals surface area contributed by atoms with E-state index in [0.29, 0.717) is 0 Å². The second-order valence-electron chi connectivity index (χ2n) is 3.52. The topological polar surface area (TPSA) is 50.0 Å². The van der Waals surface area contributed by atoms with E-state index in [-0.39, 0.29) is 25.5 Å². The van der Waals surface area contributed by atoms with Crippen LogP contribution in [-0.4, -0.2) is 28.8 Å². The standard InChI is InChI=1S/C9H4F6N4.Os/c10-8(11,12)7(9(13,14)15)17-6(18-19-7)5-3-1-2-4-16-5;/h1-4H;/q;+2. The zero-order chi connectivity index (χ0) is 14.3. The van der Waals surface area contributed by atoms with Crippen molar-refractivity contribution in [2.75, 3.05) is 0 Å². The van der Waals surface area contributed by atoms with Crippen molar-refractivity contribution >= 4 is 5.84 Å². The number of nitrogens with zero attached hydrogens (tertiary/aromatic N) is 4. The Balaban J connectivity index is 0.00000200. The van der Waals surface area contributed by atoms with Gasteiger partial charge in [-0.1, -0.05) is 6.07 Å². The van der Waals surface area contributed by atoms with E-state index >= 15 is 0 Å². The molecule has 0 radical (unpaired) electrons. The number of halogens is 6. The fourth-order valence-corrected chi connectivity index (χ4v) is 1.32. The van der Waals surface area contributed by atoms with Crippen molar-refractivity contribution in [1.82, 2.24) is 4.98 Å². The van der Waals surface area contributed by atoms with E-state index in [9.17, 15) is 26.3 Å². The second kappa shape index (κ2) is 5.20. The predicted octanol–water partition coefficient (Wildman–Crippen LogP) is 3.11. The minimum absolute atomic E-state index is 0. The number of pyridine rings is 1. The third kappa shape index (κ3) is 2.59. The molecule has 0 spiro atoms. The Kier molecular flexibility index (Phi) is 4.34. The molecule has 1 aliphatic rings. The van der Waals surface area contributed by atoms with Crippen LogP contribution >= 0.6 is 0 Å². The molecule has 0 atom stereocenters. The number of azo groups is 1. The monoisotopic (exact) mass is 474 g/mol. The molecule has 108 valence electrons. The van der Waals surface area contributed by atoms with Crippen molar-refractivity contribution in [1.29, 1.82) is 0 Å². The van der Waals surface area contributed by atoms with Gasteiger partial charge in [-0.2, -0.15) is 26.3 Å². The van der Waals surface area contributed by atoms with Crippen LogP contribution in [0.3, 0.4) is 0 Å². The first-order valence-corrected chi connectivity index (χ1v) is 4.75. The molecule has 0 bridgehead atoms. The zero-order valence-corrected chi connectivity index (χ0v) is 11.8. The molecular formula is C9H4F6N4Os+2. The van der Waals surface area contributed by atoms with Gasteiger partial charge >= 0.3 is 37.8 Å². The van der Waals surface area contributed by atoms with Gasteiger partial charge in [0.1, 0.15) is 5.69 Å². The summed E-state index contributed by atoms with van der Waals surface area (Å²) in [6.45, 7) is 0. The summed E-state index contributed by atoms with van der Waals surface area (Å²) in [5.74, 6) is -0.810. The van der Waals surface area contributed by atoms with Gasteiger partial charge in [-0.05, 0) is 12.1 Å². The van der Waals surface area contributed by atoms with Crippen molar-refractivity contribution < 1.29 is 46.1 Å². The average molecular weight is 472 g/mol. The summed E-state index contributed by atoms with van der Waals surface area (Å²) in [5, 5.41) is 5.16. The third-order valence-electron chi connectivity index (χ3n) is 2.24. The molecule has 0 amide bonds. The van der Waals surface area contributed by atoms with Crippen molar-refractivity contribution in [2.45, 2.75) is 18.0 Å². The molecule has 0 N–H and O–H groups in total. The molecule has 11 heteroatoms. The summed E-state index contributed by atoms with van der Waals surface area (Å²) < 4.78 is 75.6. The smallest absolute Gasteiger partial charge is 0.253 e. The van der Waals surface area contributed by atoms with E-state index in [1.807, 2.05) is 0 Å². The first-order valence-electron chi connectivity index (χ1n) is 4.75. The van der Waals surface area contributed by atoms with Gasteiger partial charge in [0, 0.05) is 6.20 Å². The quantitative estimate of drug-likeness (QED) is 0.580. The van der Waals surface area contributed by atoms with Crippen LogP contribution in [-0.2, 0) is 19.8 Å². The maximum absolute atomic E-state index is 12.6. The largest absolute Gasteiger partial charge is 2.00 e. The van der Waals surface area contributed by atoms with Gasteiger partial charge in [0.05, 0.1) is 0 Å². The van der Waals surface area contributed by atoms with E-state index in [0.717, 1.165) is 0 Å². The Hall–Kier alpha value is -1.36. The van der Waals surface area contributed by atoms with Crippen molar-refractivity contribution in [3.63, 3.8) is 0 Å². The SMILES string of the molecule is FC(F)(F)C1(C(F)(F)F)N=NC(c2ccccn2)=N1.[Os+2]. The molecule has 2 heterocycles. The normalized spacial score (nSPS) is 17.6. The minimum Gasteiger partial charge on any atom is -0.253 e. The van der Waals surface area contributed by atoms with Gasteiger partial charge in [-0.3, -0.25) is 4.98 Å². The molecule has 0 aliphatic carbocycles. The van der Waals surface area contributed by atoms with E-state index in [1.165, 1.54) is 24.4 Å². The van der Waals surface area contributed by atoms with Gasteiger partial charge < -0.3 is 0 Å². The third-order valence-corrected chi connectivity index (χ3v) is 2.24. The molecule has 20 heavy (non-hydrogen) atoms. The van der Waals surface area contributed by atoms with Crippen LogP contribution in [0.15, 0.2) is 39.6 Å². The van der Waals surface area contributed by atoms with Gasteiger partial charge in [-0.25, -0.2) is 4.99 Å². The summed E-state index contributed by atoms with van der Waals surface area (Å²) in [7, 11) is 0. The molecule has 4 nitrogen and oxygen atoms in total. The van der Waals surface area contributed by atoms with E-state index < -0.39 is 23.9 Å². The number of rotatable bonds is 1. The number of hydrogen-bond donors (Lipinski definition) is 0. The summed E-state index contributed by atoms with van der Waals surface area (Å²) in [6, 6.07) is 4.00. The predicted molar refractivity (Wildman–Crippen MR) is 50.5 cm³/mol. The molecule has 0 aromatic carbocycles. The Morgan fingerprint density at radius 1 is 0.950 bits per heavy atom. The Morgan fingerprint density at radius 3 is 1.95 bits per heavy atom. The molecule has 0 unspecified atom stereocenters. The van der Waals surface area contributed by atoms with Gasteiger partial charge in [-0.15, -0.1) is 10.2 Å². The van der Waals surface area contributed by atoms with Crippen molar-refractivity contribution in [3.05, 3.63) is 30.1 Å². The number of aromatic nitrogens is 1. The summed E-state index contributed by atoms with van der Waals surface area (Å²) in [6.07, 6.45) is -10.3. The number of aliphatic imine (C=N–C) groups is 1.